The van der Waals surface area contributed by atoms with Gasteiger partial charge in [0.1, 0.15) is 5.82 Å². The second-order valence-electron chi connectivity index (χ2n) is 5.25. The van der Waals surface area contributed by atoms with Crippen molar-refractivity contribution in [1.29, 1.82) is 0 Å². The van der Waals surface area contributed by atoms with Crippen molar-refractivity contribution in [3.8, 4) is 0 Å². The first-order valence-electron chi connectivity index (χ1n) is 6.28. The minimum Gasteiger partial charge on any atom is -0.316 e. The molecule has 2 aliphatic rings. The summed E-state index contributed by atoms with van der Waals surface area (Å²) in [6.45, 7) is 2.37. The zero-order valence-corrected chi connectivity index (χ0v) is 10.7. The Labute approximate surface area is 108 Å². The monoisotopic (exact) mass is 255 g/mol. The third kappa shape index (κ3) is 2.63. The fourth-order valence-electron chi connectivity index (χ4n) is 3.48. The molecule has 1 aromatic carbocycles. The molecule has 1 aliphatic heterocycles. The van der Waals surface area contributed by atoms with Gasteiger partial charge in [0, 0.05) is 0 Å². The van der Waals surface area contributed by atoms with Crippen molar-refractivity contribution in [2.75, 3.05) is 13.1 Å². The molecule has 0 amide bonds. The Morgan fingerprint density at radius 3 is 2.94 bits per heavy atom. The summed E-state index contributed by atoms with van der Waals surface area (Å²) in [4.78, 5) is 0. The van der Waals surface area contributed by atoms with Crippen molar-refractivity contribution in [3.05, 3.63) is 35.6 Å². The van der Waals surface area contributed by atoms with Gasteiger partial charge in [-0.1, -0.05) is 12.1 Å². The Morgan fingerprint density at radius 1 is 1.24 bits per heavy atom. The lowest BCUT2D eigenvalue weighted by atomic mass is 9.87. The Morgan fingerprint density at radius 2 is 2.12 bits per heavy atom. The van der Waals surface area contributed by atoms with Gasteiger partial charge in [0.25, 0.3) is 0 Å². The van der Waals surface area contributed by atoms with Gasteiger partial charge in [0.2, 0.25) is 0 Å². The van der Waals surface area contributed by atoms with Gasteiger partial charge in [0.05, 0.1) is 0 Å². The number of rotatable bonds is 2. The first-order valence-corrected chi connectivity index (χ1v) is 6.28. The van der Waals surface area contributed by atoms with E-state index in [2.05, 4.69) is 11.4 Å². The van der Waals surface area contributed by atoms with Gasteiger partial charge < -0.3 is 5.32 Å². The van der Waals surface area contributed by atoms with Gasteiger partial charge in [-0.3, -0.25) is 0 Å². The SMILES string of the molecule is Cl.Fc1cccc(CC2CCC3CNCC32)c1. The standard InChI is InChI=1S/C14H18FN.ClH/c15-13-3-1-2-10(7-13)6-11-4-5-12-8-16-9-14(11)12;/h1-3,7,11-12,14,16H,4-6,8-9H2;1H. The van der Waals surface area contributed by atoms with Crippen LogP contribution in [-0.2, 0) is 6.42 Å². The van der Waals surface area contributed by atoms with E-state index >= 15 is 0 Å². The van der Waals surface area contributed by atoms with E-state index in [1.54, 1.807) is 6.07 Å². The Hall–Kier alpha value is -0.600. The van der Waals surface area contributed by atoms with Crippen molar-refractivity contribution < 1.29 is 4.39 Å². The summed E-state index contributed by atoms with van der Waals surface area (Å²) in [5.74, 6) is 2.39. The first kappa shape index (κ1) is 12.8. The molecular formula is C14H19ClFN. The van der Waals surface area contributed by atoms with Gasteiger partial charge in [-0.25, -0.2) is 4.39 Å². The average molecular weight is 256 g/mol. The fourth-order valence-corrected chi connectivity index (χ4v) is 3.48. The quantitative estimate of drug-likeness (QED) is 0.857. The summed E-state index contributed by atoms with van der Waals surface area (Å²) in [5, 5.41) is 3.48. The predicted octanol–water partition coefficient (Wildman–Crippen LogP) is 3.04. The van der Waals surface area contributed by atoms with Gasteiger partial charge in [-0.05, 0) is 67.8 Å². The second-order valence-corrected chi connectivity index (χ2v) is 5.25. The molecule has 1 aliphatic carbocycles. The lowest BCUT2D eigenvalue weighted by Gasteiger charge is -2.17. The molecule has 1 nitrogen and oxygen atoms in total. The Bertz CT molecular complexity index is 382. The van der Waals surface area contributed by atoms with E-state index in [0.29, 0.717) is 0 Å². The predicted molar refractivity (Wildman–Crippen MR) is 69.9 cm³/mol. The van der Waals surface area contributed by atoms with Crippen molar-refractivity contribution in [2.45, 2.75) is 19.3 Å². The van der Waals surface area contributed by atoms with Crippen molar-refractivity contribution in [3.63, 3.8) is 0 Å². The summed E-state index contributed by atoms with van der Waals surface area (Å²) in [7, 11) is 0. The highest BCUT2D eigenvalue weighted by Gasteiger charge is 2.38. The smallest absolute Gasteiger partial charge is 0.123 e. The van der Waals surface area contributed by atoms with E-state index in [1.165, 1.54) is 32.0 Å². The summed E-state index contributed by atoms with van der Waals surface area (Å²) in [5.41, 5.74) is 1.16. The minimum absolute atomic E-state index is 0. The Balaban J connectivity index is 0.00000108. The molecule has 3 rings (SSSR count). The van der Waals surface area contributed by atoms with Crippen LogP contribution in [0.4, 0.5) is 4.39 Å². The molecule has 3 unspecified atom stereocenters. The van der Waals surface area contributed by atoms with E-state index in [9.17, 15) is 4.39 Å². The molecule has 0 spiro atoms. The molecule has 2 fully saturated rings. The number of halogens is 2. The van der Waals surface area contributed by atoms with Gasteiger partial charge in [-0.2, -0.15) is 0 Å². The lowest BCUT2D eigenvalue weighted by molar-refractivity contribution is 0.374. The molecule has 0 bridgehead atoms. The number of nitrogens with one attached hydrogen (secondary N) is 1. The highest BCUT2D eigenvalue weighted by Crippen LogP contribution is 2.40. The number of hydrogen-bond donors (Lipinski definition) is 1. The molecule has 0 aromatic heterocycles. The van der Waals surface area contributed by atoms with E-state index in [0.717, 1.165) is 29.7 Å². The van der Waals surface area contributed by atoms with Crippen LogP contribution in [0.2, 0.25) is 0 Å². The number of benzene rings is 1. The molecule has 1 N–H and O–H groups in total. The molecule has 3 atom stereocenters. The molecule has 1 saturated heterocycles. The molecule has 17 heavy (non-hydrogen) atoms. The zero-order valence-electron chi connectivity index (χ0n) is 9.86. The fraction of sp³-hybridized carbons (Fsp3) is 0.571. The second kappa shape index (κ2) is 5.36. The highest BCUT2D eigenvalue weighted by atomic mass is 35.5. The topological polar surface area (TPSA) is 12.0 Å². The molecule has 3 heteroatoms. The third-order valence-electron chi connectivity index (χ3n) is 4.29. The minimum atomic E-state index is -0.100. The molecule has 94 valence electrons. The third-order valence-corrected chi connectivity index (χ3v) is 4.29. The molecule has 1 saturated carbocycles. The number of hydrogen-bond acceptors (Lipinski definition) is 1. The van der Waals surface area contributed by atoms with Crippen molar-refractivity contribution in [1.82, 2.24) is 5.32 Å². The van der Waals surface area contributed by atoms with E-state index in [1.807, 2.05) is 6.07 Å². The average Bonchev–Trinajstić information content (AvgIpc) is 2.83. The van der Waals surface area contributed by atoms with Gasteiger partial charge in [0.15, 0.2) is 0 Å². The van der Waals surface area contributed by atoms with Crippen LogP contribution in [0.15, 0.2) is 24.3 Å². The van der Waals surface area contributed by atoms with E-state index in [-0.39, 0.29) is 18.2 Å². The van der Waals surface area contributed by atoms with Crippen LogP contribution < -0.4 is 5.32 Å². The van der Waals surface area contributed by atoms with Crippen LogP contribution >= 0.6 is 12.4 Å². The Kier molecular flexibility index (Phi) is 4.05. The largest absolute Gasteiger partial charge is 0.316 e. The maximum atomic E-state index is 13.1. The summed E-state index contributed by atoms with van der Waals surface area (Å²) >= 11 is 0. The van der Waals surface area contributed by atoms with Crippen LogP contribution in [-0.4, -0.2) is 13.1 Å². The maximum Gasteiger partial charge on any atom is 0.123 e. The van der Waals surface area contributed by atoms with Gasteiger partial charge >= 0.3 is 0 Å². The van der Waals surface area contributed by atoms with E-state index in [4.69, 9.17) is 0 Å². The van der Waals surface area contributed by atoms with Crippen LogP contribution in [0.5, 0.6) is 0 Å². The normalized spacial score (nSPS) is 31.0. The van der Waals surface area contributed by atoms with Crippen LogP contribution in [0.25, 0.3) is 0 Å². The first-order chi connectivity index (χ1) is 7.83. The molecular weight excluding hydrogens is 237 g/mol. The van der Waals surface area contributed by atoms with E-state index < -0.39 is 0 Å². The zero-order chi connectivity index (χ0) is 11.0. The highest BCUT2D eigenvalue weighted by molar-refractivity contribution is 5.85. The maximum absolute atomic E-state index is 13.1. The lowest BCUT2D eigenvalue weighted by Crippen LogP contribution is -2.17. The van der Waals surface area contributed by atoms with Crippen molar-refractivity contribution >= 4 is 12.4 Å². The van der Waals surface area contributed by atoms with Crippen molar-refractivity contribution in [2.24, 2.45) is 17.8 Å². The van der Waals surface area contributed by atoms with Crippen LogP contribution in [0, 0.1) is 23.6 Å². The molecule has 1 heterocycles. The molecule has 0 radical (unpaired) electrons. The van der Waals surface area contributed by atoms with Crippen LogP contribution in [0.3, 0.4) is 0 Å². The summed E-state index contributed by atoms with van der Waals surface area (Å²) < 4.78 is 13.1. The van der Waals surface area contributed by atoms with Gasteiger partial charge in [-0.15, -0.1) is 12.4 Å². The molecule has 1 aromatic rings. The summed E-state index contributed by atoms with van der Waals surface area (Å²) in [6.07, 6.45) is 3.74. The summed E-state index contributed by atoms with van der Waals surface area (Å²) in [6, 6.07) is 7.09. The van der Waals surface area contributed by atoms with Crippen LogP contribution in [0.1, 0.15) is 18.4 Å². The number of fused-ring (bicyclic) bond motifs is 1.